The van der Waals surface area contributed by atoms with Crippen LogP contribution in [0.25, 0.3) is 22.6 Å². The van der Waals surface area contributed by atoms with Gasteiger partial charge in [-0.2, -0.15) is 0 Å². The van der Waals surface area contributed by atoms with Crippen LogP contribution in [0.1, 0.15) is 10.5 Å². The SMILES string of the molecule is O=C(O)c1ncccc1-c1nc2ccccc2o1. The Morgan fingerprint density at radius 3 is 2.78 bits per heavy atom. The van der Waals surface area contributed by atoms with E-state index in [2.05, 4.69) is 9.97 Å². The fourth-order valence-corrected chi connectivity index (χ4v) is 1.74. The Morgan fingerprint density at radius 2 is 2.00 bits per heavy atom. The summed E-state index contributed by atoms with van der Waals surface area (Å²) in [6, 6.07) is 10.5. The van der Waals surface area contributed by atoms with E-state index < -0.39 is 5.97 Å². The zero-order valence-corrected chi connectivity index (χ0v) is 9.20. The fourth-order valence-electron chi connectivity index (χ4n) is 1.74. The third-order valence-electron chi connectivity index (χ3n) is 2.53. The van der Waals surface area contributed by atoms with Gasteiger partial charge in [0.15, 0.2) is 11.3 Å². The first-order chi connectivity index (χ1) is 8.75. The van der Waals surface area contributed by atoms with Crippen LogP contribution in [0.4, 0.5) is 0 Å². The topological polar surface area (TPSA) is 76.2 Å². The maximum absolute atomic E-state index is 11.1. The summed E-state index contributed by atoms with van der Waals surface area (Å²) < 4.78 is 5.53. The lowest BCUT2D eigenvalue weighted by Crippen LogP contribution is -2.02. The monoisotopic (exact) mass is 240 g/mol. The molecule has 0 amide bonds. The maximum atomic E-state index is 11.1. The molecule has 0 aliphatic rings. The molecule has 0 fully saturated rings. The van der Waals surface area contributed by atoms with Gasteiger partial charge in [0.05, 0.1) is 5.56 Å². The highest BCUT2D eigenvalue weighted by Crippen LogP contribution is 2.25. The number of para-hydroxylation sites is 2. The lowest BCUT2D eigenvalue weighted by molar-refractivity contribution is 0.0691. The van der Waals surface area contributed by atoms with Gasteiger partial charge in [0.2, 0.25) is 5.89 Å². The quantitative estimate of drug-likeness (QED) is 0.745. The van der Waals surface area contributed by atoms with E-state index in [-0.39, 0.29) is 11.6 Å². The molecule has 1 aromatic carbocycles. The highest BCUT2D eigenvalue weighted by molar-refractivity contribution is 5.93. The van der Waals surface area contributed by atoms with Crippen molar-refractivity contribution in [1.29, 1.82) is 0 Å². The number of carboxylic acid groups (broad SMARTS) is 1. The molecule has 2 heterocycles. The van der Waals surface area contributed by atoms with Gasteiger partial charge in [-0.1, -0.05) is 12.1 Å². The second kappa shape index (κ2) is 3.96. The van der Waals surface area contributed by atoms with Crippen molar-refractivity contribution in [2.24, 2.45) is 0 Å². The second-order valence-corrected chi connectivity index (χ2v) is 3.69. The largest absolute Gasteiger partial charge is 0.476 e. The molecule has 0 aliphatic carbocycles. The predicted octanol–water partition coefficient (Wildman–Crippen LogP) is 2.59. The van der Waals surface area contributed by atoms with Gasteiger partial charge in [-0.15, -0.1) is 0 Å². The van der Waals surface area contributed by atoms with E-state index >= 15 is 0 Å². The van der Waals surface area contributed by atoms with E-state index in [4.69, 9.17) is 9.52 Å². The van der Waals surface area contributed by atoms with Gasteiger partial charge >= 0.3 is 5.97 Å². The van der Waals surface area contributed by atoms with E-state index in [0.717, 1.165) is 0 Å². The summed E-state index contributed by atoms with van der Waals surface area (Å²) in [6.45, 7) is 0. The first-order valence-electron chi connectivity index (χ1n) is 5.30. The summed E-state index contributed by atoms with van der Waals surface area (Å²) in [5.41, 5.74) is 1.62. The zero-order chi connectivity index (χ0) is 12.5. The number of carbonyl (C=O) groups is 1. The Kier molecular flexibility index (Phi) is 2.30. The minimum Gasteiger partial charge on any atom is -0.476 e. The average molecular weight is 240 g/mol. The number of hydrogen-bond donors (Lipinski definition) is 1. The summed E-state index contributed by atoms with van der Waals surface area (Å²) in [5, 5.41) is 9.07. The molecular formula is C13H8N2O3. The Labute approximate surface area is 102 Å². The molecule has 0 bridgehead atoms. The molecule has 0 saturated heterocycles. The number of aromatic carboxylic acids is 1. The Balaban J connectivity index is 2.23. The normalized spacial score (nSPS) is 10.7. The number of hydrogen-bond acceptors (Lipinski definition) is 4. The van der Waals surface area contributed by atoms with Crippen LogP contribution in [-0.4, -0.2) is 21.0 Å². The Hall–Kier alpha value is -2.69. The number of rotatable bonds is 2. The molecule has 2 aromatic heterocycles. The van der Waals surface area contributed by atoms with Crippen molar-refractivity contribution in [1.82, 2.24) is 9.97 Å². The minimum atomic E-state index is -1.10. The Morgan fingerprint density at radius 1 is 1.17 bits per heavy atom. The Bertz CT molecular complexity index is 701. The number of benzene rings is 1. The van der Waals surface area contributed by atoms with E-state index in [1.807, 2.05) is 12.1 Å². The zero-order valence-electron chi connectivity index (χ0n) is 9.20. The van der Waals surface area contributed by atoms with E-state index in [9.17, 15) is 4.79 Å². The number of fused-ring (bicyclic) bond motifs is 1. The van der Waals surface area contributed by atoms with Gasteiger partial charge in [0.25, 0.3) is 0 Å². The molecule has 1 N–H and O–H groups in total. The van der Waals surface area contributed by atoms with Crippen molar-refractivity contribution in [3.05, 3.63) is 48.3 Å². The van der Waals surface area contributed by atoms with Crippen LogP contribution in [0.5, 0.6) is 0 Å². The minimum absolute atomic E-state index is 0.0657. The van der Waals surface area contributed by atoms with Gasteiger partial charge in [-0.3, -0.25) is 0 Å². The van der Waals surface area contributed by atoms with Crippen LogP contribution in [0.3, 0.4) is 0 Å². The molecule has 0 aliphatic heterocycles. The molecule has 5 heteroatoms. The molecule has 0 atom stereocenters. The molecule has 5 nitrogen and oxygen atoms in total. The standard InChI is InChI=1S/C13H8N2O3/c16-13(17)11-8(4-3-7-14-11)12-15-9-5-1-2-6-10(9)18-12/h1-7H,(H,16,17). The molecule has 0 spiro atoms. The van der Waals surface area contributed by atoms with Crippen LogP contribution in [0, 0.1) is 0 Å². The van der Waals surface area contributed by atoms with Crippen molar-refractivity contribution in [3.63, 3.8) is 0 Å². The van der Waals surface area contributed by atoms with Crippen LogP contribution < -0.4 is 0 Å². The third-order valence-corrected chi connectivity index (χ3v) is 2.53. The number of pyridine rings is 1. The summed E-state index contributed by atoms with van der Waals surface area (Å²) in [6.07, 6.45) is 1.43. The first kappa shape index (κ1) is 10.5. The number of carboxylic acids is 1. The van der Waals surface area contributed by atoms with Gasteiger partial charge in [0.1, 0.15) is 5.52 Å². The maximum Gasteiger partial charge on any atom is 0.355 e. The third kappa shape index (κ3) is 1.62. The number of nitrogens with zero attached hydrogens (tertiary/aromatic N) is 2. The van der Waals surface area contributed by atoms with Crippen molar-refractivity contribution in [2.45, 2.75) is 0 Å². The number of oxazole rings is 1. The average Bonchev–Trinajstić information content (AvgIpc) is 2.82. The van der Waals surface area contributed by atoms with Crippen LogP contribution in [0.2, 0.25) is 0 Å². The highest BCUT2D eigenvalue weighted by Gasteiger charge is 2.17. The van der Waals surface area contributed by atoms with Gasteiger partial charge < -0.3 is 9.52 Å². The molecule has 0 radical (unpaired) electrons. The summed E-state index contributed by atoms with van der Waals surface area (Å²) in [5.74, 6) is -0.838. The van der Waals surface area contributed by atoms with E-state index in [0.29, 0.717) is 16.7 Å². The molecule has 0 saturated carbocycles. The van der Waals surface area contributed by atoms with E-state index in [1.165, 1.54) is 6.20 Å². The molecule has 3 rings (SSSR count). The highest BCUT2D eigenvalue weighted by atomic mass is 16.4. The fraction of sp³-hybridized carbons (Fsp3) is 0. The van der Waals surface area contributed by atoms with Gasteiger partial charge in [0, 0.05) is 6.20 Å². The molecule has 0 unspecified atom stereocenters. The van der Waals surface area contributed by atoms with Crippen LogP contribution in [0.15, 0.2) is 47.0 Å². The summed E-state index contributed by atoms with van der Waals surface area (Å²) in [4.78, 5) is 19.2. The lowest BCUT2D eigenvalue weighted by Gasteiger charge is -1.99. The van der Waals surface area contributed by atoms with Gasteiger partial charge in [-0.05, 0) is 24.3 Å². The molecule has 88 valence electrons. The smallest absolute Gasteiger partial charge is 0.355 e. The first-order valence-corrected chi connectivity index (χ1v) is 5.30. The molecule has 3 aromatic rings. The summed E-state index contributed by atoms with van der Waals surface area (Å²) >= 11 is 0. The molecule has 18 heavy (non-hydrogen) atoms. The number of aromatic nitrogens is 2. The lowest BCUT2D eigenvalue weighted by atomic mass is 10.2. The van der Waals surface area contributed by atoms with Gasteiger partial charge in [-0.25, -0.2) is 14.8 Å². The van der Waals surface area contributed by atoms with Crippen molar-refractivity contribution < 1.29 is 14.3 Å². The van der Waals surface area contributed by atoms with Crippen molar-refractivity contribution >= 4 is 17.1 Å². The molecular weight excluding hydrogens is 232 g/mol. The van der Waals surface area contributed by atoms with Crippen molar-refractivity contribution in [3.8, 4) is 11.5 Å². The van der Waals surface area contributed by atoms with Crippen molar-refractivity contribution in [2.75, 3.05) is 0 Å². The summed E-state index contributed by atoms with van der Waals surface area (Å²) in [7, 11) is 0. The van der Waals surface area contributed by atoms with E-state index in [1.54, 1.807) is 24.3 Å². The predicted molar refractivity (Wildman–Crippen MR) is 64.2 cm³/mol. The van der Waals surface area contributed by atoms with Crippen LogP contribution >= 0.6 is 0 Å². The second-order valence-electron chi connectivity index (χ2n) is 3.69. The van der Waals surface area contributed by atoms with Crippen LogP contribution in [-0.2, 0) is 0 Å².